The summed E-state index contributed by atoms with van der Waals surface area (Å²) in [7, 11) is 0. The van der Waals surface area contributed by atoms with E-state index in [4.69, 9.17) is 15.2 Å². The van der Waals surface area contributed by atoms with Gasteiger partial charge in [0, 0.05) is 18.9 Å². The molecule has 3 rings (SSSR count). The van der Waals surface area contributed by atoms with Crippen molar-refractivity contribution in [1.82, 2.24) is 0 Å². The molecule has 1 saturated heterocycles. The second-order valence-corrected chi connectivity index (χ2v) is 6.17. The van der Waals surface area contributed by atoms with Crippen molar-refractivity contribution < 1.29 is 14.3 Å². The van der Waals surface area contributed by atoms with Gasteiger partial charge in [-0.15, -0.1) is 0 Å². The predicted molar refractivity (Wildman–Crippen MR) is 93.3 cm³/mol. The first-order valence-electron chi connectivity index (χ1n) is 8.08. The Hall–Kier alpha value is -2.37. The van der Waals surface area contributed by atoms with E-state index in [-0.39, 0.29) is 5.91 Å². The van der Waals surface area contributed by atoms with Gasteiger partial charge in [-0.25, -0.2) is 0 Å². The second-order valence-electron chi connectivity index (χ2n) is 6.17. The van der Waals surface area contributed by atoms with Crippen molar-refractivity contribution in [3.63, 3.8) is 0 Å². The van der Waals surface area contributed by atoms with Crippen LogP contribution in [0.5, 0.6) is 11.5 Å². The van der Waals surface area contributed by atoms with Gasteiger partial charge in [-0.3, -0.25) is 4.79 Å². The standard InChI is InChI=1S/C19H22N2O3/c1-14-3-2-4-17(13-14)24-16-7-5-15(6-8-16)21-18(22)19(20)9-11-23-12-10-19/h2-8,13H,9-12,20H2,1H3,(H,21,22). The molecule has 1 fully saturated rings. The fourth-order valence-electron chi connectivity index (χ4n) is 2.64. The molecule has 0 radical (unpaired) electrons. The van der Waals surface area contributed by atoms with Gasteiger partial charge in [-0.1, -0.05) is 12.1 Å². The normalized spacial score (nSPS) is 16.4. The van der Waals surface area contributed by atoms with E-state index in [1.165, 1.54) is 0 Å². The SMILES string of the molecule is Cc1cccc(Oc2ccc(NC(=O)C3(N)CCOCC3)cc2)c1. The average molecular weight is 326 g/mol. The van der Waals surface area contributed by atoms with Crippen LogP contribution >= 0.6 is 0 Å². The van der Waals surface area contributed by atoms with E-state index >= 15 is 0 Å². The number of aryl methyl sites for hydroxylation is 1. The molecule has 1 aliphatic rings. The van der Waals surface area contributed by atoms with Crippen LogP contribution in [0, 0.1) is 6.92 Å². The van der Waals surface area contributed by atoms with Crippen LogP contribution in [0.3, 0.4) is 0 Å². The molecule has 5 nitrogen and oxygen atoms in total. The van der Waals surface area contributed by atoms with Crippen LogP contribution in [0.4, 0.5) is 5.69 Å². The van der Waals surface area contributed by atoms with Gasteiger partial charge in [0.25, 0.3) is 0 Å². The van der Waals surface area contributed by atoms with Crippen LogP contribution < -0.4 is 15.8 Å². The second kappa shape index (κ2) is 7.03. The van der Waals surface area contributed by atoms with E-state index in [0.717, 1.165) is 11.3 Å². The fraction of sp³-hybridized carbons (Fsp3) is 0.316. The van der Waals surface area contributed by atoms with E-state index in [1.54, 1.807) is 0 Å². The fourth-order valence-corrected chi connectivity index (χ4v) is 2.64. The van der Waals surface area contributed by atoms with Crippen LogP contribution in [0.1, 0.15) is 18.4 Å². The molecule has 1 amide bonds. The third-order valence-corrected chi connectivity index (χ3v) is 4.17. The third-order valence-electron chi connectivity index (χ3n) is 4.17. The maximum atomic E-state index is 12.4. The Morgan fingerprint density at radius 3 is 2.50 bits per heavy atom. The highest BCUT2D eigenvalue weighted by molar-refractivity contribution is 5.98. The van der Waals surface area contributed by atoms with Gasteiger partial charge < -0.3 is 20.5 Å². The first-order chi connectivity index (χ1) is 11.5. The number of carbonyl (C=O) groups excluding carboxylic acids is 1. The van der Waals surface area contributed by atoms with Crippen LogP contribution in [-0.4, -0.2) is 24.7 Å². The Morgan fingerprint density at radius 2 is 1.83 bits per heavy atom. The van der Waals surface area contributed by atoms with Gasteiger partial charge in [0.1, 0.15) is 17.0 Å². The number of hydrogen-bond donors (Lipinski definition) is 2. The van der Waals surface area contributed by atoms with Gasteiger partial charge in [-0.05, 0) is 61.7 Å². The van der Waals surface area contributed by atoms with Gasteiger partial charge >= 0.3 is 0 Å². The molecule has 0 spiro atoms. The molecule has 0 aliphatic carbocycles. The quantitative estimate of drug-likeness (QED) is 0.904. The molecule has 2 aromatic carbocycles. The number of nitrogens with two attached hydrogens (primary N) is 1. The van der Waals surface area contributed by atoms with Crippen molar-refractivity contribution in [1.29, 1.82) is 0 Å². The summed E-state index contributed by atoms with van der Waals surface area (Å²) in [4.78, 5) is 12.4. The molecule has 2 aromatic rings. The lowest BCUT2D eigenvalue weighted by molar-refractivity contribution is -0.124. The summed E-state index contributed by atoms with van der Waals surface area (Å²) in [5.74, 6) is 1.33. The molecule has 0 aromatic heterocycles. The molecule has 3 N–H and O–H groups in total. The zero-order chi connectivity index (χ0) is 17.0. The summed E-state index contributed by atoms with van der Waals surface area (Å²) >= 11 is 0. The Balaban J connectivity index is 1.63. The molecule has 24 heavy (non-hydrogen) atoms. The van der Waals surface area contributed by atoms with Gasteiger partial charge in [0.2, 0.25) is 5.91 Å². The number of carbonyl (C=O) groups is 1. The molecule has 1 heterocycles. The molecule has 5 heteroatoms. The lowest BCUT2D eigenvalue weighted by Gasteiger charge is -2.31. The Bertz CT molecular complexity index is 707. The zero-order valence-corrected chi connectivity index (χ0v) is 13.7. The summed E-state index contributed by atoms with van der Waals surface area (Å²) in [6, 6.07) is 15.1. The van der Waals surface area contributed by atoms with Crippen molar-refractivity contribution in [2.75, 3.05) is 18.5 Å². The molecule has 1 aliphatic heterocycles. The molecule has 0 bridgehead atoms. The highest BCUT2D eigenvalue weighted by Gasteiger charge is 2.35. The molecule has 126 valence electrons. The monoisotopic (exact) mass is 326 g/mol. The van der Waals surface area contributed by atoms with E-state index in [9.17, 15) is 4.79 Å². The number of amides is 1. The summed E-state index contributed by atoms with van der Waals surface area (Å²) < 4.78 is 11.1. The number of ether oxygens (including phenoxy) is 2. The predicted octanol–water partition coefficient (Wildman–Crippen LogP) is 3.23. The van der Waals surface area contributed by atoms with Crippen molar-refractivity contribution in [3.05, 3.63) is 54.1 Å². The van der Waals surface area contributed by atoms with Crippen molar-refractivity contribution >= 4 is 11.6 Å². The number of hydrogen-bond acceptors (Lipinski definition) is 4. The molecular weight excluding hydrogens is 304 g/mol. The van der Waals surface area contributed by atoms with E-state index < -0.39 is 5.54 Å². The minimum Gasteiger partial charge on any atom is -0.457 e. The van der Waals surface area contributed by atoms with Gasteiger partial charge in [-0.2, -0.15) is 0 Å². The van der Waals surface area contributed by atoms with Crippen LogP contribution in [0.2, 0.25) is 0 Å². The highest BCUT2D eigenvalue weighted by Crippen LogP contribution is 2.25. The maximum absolute atomic E-state index is 12.4. The Labute approximate surface area is 141 Å². The molecular formula is C19H22N2O3. The number of anilines is 1. The molecule has 0 atom stereocenters. The minimum atomic E-state index is -0.852. The van der Waals surface area contributed by atoms with Crippen molar-refractivity contribution in [3.8, 4) is 11.5 Å². The number of rotatable bonds is 4. The Kier molecular flexibility index (Phi) is 4.83. The Morgan fingerprint density at radius 1 is 1.12 bits per heavy atom. The van der Waals surface area contributed by atoms with Gasteiger partial charge in [0.05, 0.1) is 0 Å². The molecule has 0 saturated carbocycles. The van der Waals surface area contributed by atoms with Crippen molar-refractivity contribution in [2.24, 2.45) is 5.73 Å². The van der Waals surface area contributed by atoms with Crippen LogP contribution in [0.25, 0.3) is 0 Å². The summed E-state index contributed by atoms with van der Waals surface area (Å²) in [5.41, 5.74) is 7.17. The van der Waals surface area contributed by atoms with E-state index in [2.05, 4.69) is 5.32 Å². The van der Waals surface area contributed by atoms with Crippen molar-refractivity contribution in [2.45, 2.75) is 25.3 Å². The van der Waals surface area contributed by atoms with Crippen LogP contribution in [0.15, 0.2) is 48.5 Å². The summed E-state index contributed by atoms with van der Waals surface area (Å²) in [6.45, 7) is 3.06. The zero-order valence-electron chi connectivity index (χ0n) is 13.7. The minimum absolute atomic E-state index is 0.168. The lowest BCUT2D eigenvalue weighted by atomic mass is 9.90. The largest absolute Gasteiger partial charge is 0.457 e. The topological polar surface area (TPSA) is 73.6 Å². The number of benzene rings is 2. The highest BCUT2D eigenvalue weighted by atomic mass is 16.5. The maximum Gasteiger partial charge on any atom is 0.244 e. The first kappa shape index (κ1) is 16.5. The molecule has 0 unspecified atom stereocenters. The van der Waals surface area contributed by atoms with E-state index in [1.807, 2.05) is 55.5 Å². The third kappa shape index (κ3) is 3.93. The summed E-state index contributed by atoms with van der Waals surface area (Å²) in [6.07, 6.45) is 1.07. The number of nitrogens with one attached hydrogen (secondary N) is 1. The smallest absolute Gasteiger partial charge is 0.244 e. The van der Waals surface area contributed by atoms with E-state index in [0.29, 0.717) is 37.5 Å². The van der Waals surface area contributed by atoms with Crippen LogP contribution in [-0.2, 0) is 9.53 Å². The average Bonchev–Trinajstić information content (AvgIpc) is 2.57. The van der Waals surface area contributed by atoms with Gasteiger partial charge in [0.15, 0.2) is 0 Å². The lowest BCUT2D eigenvalue weighted by Crippen LogP contribution is -2.54. The first-order valence-corrected chi connectivity index (χ1v) is 8.08. The summed E-state index contributed by atoms with van der Waals surface area (Å²) in [5, 5.41) is 2.88.